The first-order valence-corrected chi connectivity index (χ1v) is 6.68. The van der Waals surface area contributed by atoms with E-state index in [4.69, 9.17) is 10.00 Å². The van der Waals surface area contributed by atoms with E-state index < -0.39 is 0 Å². The summed E-state index contributed by atoms with van der Waals surface area (Å²) in [7, 11) is 0. The maximum absolute atomic E-state index is 9.08. The Hall–Kier alpha value is -1.33. The Labute approximate surface area is 110 Å². The molecule has 2 nitrogen and oxygen atoms in total. The van der Waals surface area contributed by atoms with E-state index in [1.54, 1.807) is 0 Å². The molecule has 1 fully saturated rings. The highest BCUT2D eigenvalue weighted by molar-refractivity contribution is 5.22. The lowest BCUT2D eigenvalue weighted by Crippen LogP contribution is -2.36. The van der Waals surface area contributed by atoms with Crippen LogP contribution >= 0.6 is 0 Å². The van der Waals surface area contributed by atoms with Gasteiger partial charge in [-0.05, 0) is 44.1 Å². The SMILES string of the molecule is CC1(C)CC(C(CC#N)c2ccccc2)CCO1. The molecule has 2 heteroatoms. The number of hydrogen-bond donors (Lipinski definition) is 0. The van der Waals surface area contributed by atoms with Gasteiger partial charge in [0.05, 0.1) is 11.7 Å². The normalized spacial score (nSPS) is 24.2. The summed E-state index contributed by atoms with van der Waals surface area (Å²) in [6.45, 7) is 5.10. The van der Waals surface area contributed by atoms with Crippen LogP contribution in [0.3, 0.4) is 0 Å². The first kappa shape index (κ1) is 13.1. The summed E-state index contributed by atoms with van der Waals surface area (Å²) in [5, 5.41) is 9.08. The summed E-state index contributed by atoms with van der Waals surface area (Å²) in [4.78, 5) is 0. The van der Waals surface area contributed by atoms with E-state index in [1.165, 1.54) is 5.56 Å². The van der Waals surface area contributed by atoms with Crippen LogP contribution in [0.5, 0.6) is 0 Å². The third kappa shape index (κ3) is 3.11. The zero-order chi connectivity index (χ0) is 13.0. The smallest absolute Gasteiger partial charge is 0.0629 e. The number of rotatable bonds is 3. The van der Waals surface area contributed by atoms with Crippen LogP contribution < -0.4 is 0 Å². The van der Waals surface area contributed by atoms with Gasteiger partial charge < -0.3 is 4.74 Å². The highest BCUT2D eigenvalue weighted by Gasteiger charge is 2.33. The summed E-state index contributed by atoms with van der Waals surface area (Å²) >= 11 is 0. The van der Waals surface area contributed by atoms with Crippen LogP contribution in [0, 0.1) is 17.2 Å². The van der Waals surface area contributed by atoms with E-state index in [9.17, 15) is 0 Å². The Balaban J connectivity index is 2.18. The van der Waals surface area contributed by atoms with Gasteiger partial charge in [-0.3, -0.25) is 0 Å². The molecular formula is C16H21NO. The maximum atomic E-state index is 9.08. The van der Waals surface area contributed by atoms with Crippen LogP contribution in [0.25, 0.3) is 0 Å². The van der Waals surface area contributed by atoms with Gasteiger partial charge in [0.15, 0.2) is 0 Å². The van der Waals surface area contributed by atoms with Gasteiger partial charge in [0, 0.05) is 13.0 Å². The molecule has 0 bridgehead atoms. The van der Waals surface area contributed by atoms with Gasteiger partial charge in [0.2, 0.25) is 0 Å². The minimum Gasteiger partial charge on any atom is -0.376 e. The van der Waals surface area contributed by atoms with Gasteiger partial charge >= 0.3 is 0 Å². The molecule has 0 aliphatic carbocycles. The van der Waals surface area contributed by atoms with Crippen molar-refractivity contribution in [2.45, 2.75) is 44.6 Å². The van der Waals surface area contributed by atoms with Crippen molar-refractivity contribution in [3.05, 3.63) is 35.9 Å². The monoisotopic (exact) mass is 243 g/mol. The fourth-order valence-corrected chi connectivity index (χ4v) is 2.98. The molecule has 2 unspecified atom stereocenters. The average molecular weight is 243 g/mol. The molecule has 1 aromatic carbocycles. The van der Waals surface area contributed by atoms with E-state index in [-0.39, 0.29) is 5.60 Å². The molecule has 96 valence electrons. The molecule has 1 saturated heterocycles. The number of ether oxygens (including phenoxy) is 1. The summed E-state index contributed by atoms with van der Waals surface area (Å²) in [5.41, 5.74) is 1.24. The van der Waals surface area contributed by atoms with Crippen LogP contribution in [0.4, 0.5) is 0 Å². The predicted octanol–water partition coefficient (Wildman–Crippen LogP) is 3.89. The molecular weight excluding hydrogens is 222 g/mol. The van der Waals surface area contributed by atoms with Gasteiger partial charge in [0.25, 0.3) is 0 Å². The van der Waals surface area contributed by atoms with Gasteiger partial charge in [-0.15, -0.1) is 0 Å². The predicted molar refractivity (Wildman–Crippen MR) is 72.2 cm³/mol. The van der Waals surface area contributed by atoms with Crippen molar-refractivity contribution in [3.63, 3.8) is 0 Å². The lowest BCUT2D eigenvalue weighted by atomic mass is 9.75. The van der Waals surface area contributed by atoms with E-state index in [0.29, 0.717) is 18.3 Å². The molecule has 1 heterocycles. The molecule has 1 aliphatic rings. The van der Waals surface area contributed by atoms with E-state index >= 15 is 0 Å². The second-order valence-corrected chi connectivity index (χ2v) is 5.74. The number of benzene rings is 1. The highest BCUT2D eigenvalue weighted by Crippen LogP contribution is 2.39. The standard InChI is InChI=1S/C16H21NO/c1-16(2)12-14(9-11-18-16)15(8-10-17)13-6-4-3-5-7-13/h3-7,14-15H,8-9,11-12H2,1-2H3. The molecule has 2 atom stereocenters. The fraction of sp³-hybridized carbons (Fsp3) is 0.562. The van der Waals surface area contributed by atoms with Crippen LogP contribution in [0.15, 0.2) is 30.3 Å². The molecule has 0 N–H and O–H groups in total. The van der Waals surface area contributed by atoms with E-state index in [2.05, 4.69) is 44.2 Å². The summed E-state index contributed by atoms with van der Waals surface area (Å²) in [6.07, 6.45) is 2.70. The second-order valence-electron chi connectivity index (χ2n) is 5.74. The number of nitrogens with zero attached hydrogens (tertiary/aromatic N) is 1. The molecule has 18 heavy (non-hydrogen) atoms. The lowest BCUT2D eigenvalue weighted by Gasteiger charge is -2.39. The molecule has 0 amide bonds. The average Bonchev–Trinajstić information content (AvgIpc) is 2.36. The maximum Gasteiger partial charge on any atom is 0.0629 e. The minimum atomic E-state index is -0.0502. The van der Waals surface area contributed by atoms with Crippen molar-refractivity contribution in [1.29, 1.82) is 5.26 Å². The van der Waals surface area contributed by atoms with Crippen molar-refractivity contribution < 1.29 is 4.74 Å². The van der Waals surface area contributed by atoms with Gasteiger partial charge in [-0.25, -0.2) is 0 Å². The van der Waals surface area contributed by atoms with Crippen molar-refractivity contribution in [2.75, 3.05) is 6.61 Å². The molecule has 1 aromatic rings. The number of hydrogen-bond acceptors (Lipinski definition) is 2. The Morgan fingerprint density at radius 2 is 2.11 bits per heavy atom. The lowest BCUT2D eigenvalue weighted by molar-refractivity contribution is -0.0766. The first-order chi connectivity index (χ1) is 8.62. The fourth-order valence-electron chi connectivity index (χ4n) is 2.98. The van der Waals surface area contributed by atoms with Crippen molar-refractivity contribution in [1.82, 2.24) is 0 Å². The second kappa shape index (κ2) is 5.54. The van der Waals surface area contributed by atoms with Crippen LogP contribution in [-0.2, 0) is 4.74 Å². The highest BCUT2D eigenvalue weighted by atomic mass is 16.5. The Morgan fingerprint density at radius 1 is 1.39 bits per heavy atom. The van der Waals surface area contributed by atoms with Crippen LogP contribution in [0.2, 0.25) is 0 Å². The topological polar surface area (TPSA) is 33.0 Å². The molecule has 0 saturated carbocycles. The third-order valence-corrected chi connectivity index (χ3v) is 3.84. The molecule has 1 aliphatic heterocycles. The molecule has 2 rings (SSSR count). The Bertz CT molecular complexity index is 418. The zero-order valence-corrected chi connectivity index (χ0v) is 11.2. The number of nitriles is 1. The van der Waals surface area contributed by atoms with E-state index in [0.717, 1.165) is 19.4 Å². The van der Waals surface area contributed by atoms with Crippen molar-refractivity contribution >= 4 is 0 Å². The largest absolute Gasteiger partial charge is 0.376 e. The molecule has 0 aromatic heterocycles. The molecule has 0 spiro atoms. The van der Waals surface area contributed by atoms with Gasteiger partial charge in [-0.2, -0.15) is 5.26 Å². The Morgan fingerprint density at radius 3 is 2.72 bits per heavy atom. The Kier molecular flexibility index (Phi) is 4.04. The quantitative estimate of drug-likeness (QED) is 0.807. The van der Waals surface area contributed by atoms with Gasteiger partial charge in [-0.1, -0.05) is 30.3 Å². The van der Waals surface area contributed by atoms with Crippen molar-refractivity contribution in [3.8, 4) is 6.07 Å². The van der Waals surface area contributed by atoms with Crippen LogP contribution in [0.1, 0.15) is 44.6 Å². The van der Waals surface area contributed by atoms with E-state index in [1.807, 2.05) is 6.07 Å². The van der Waals surface area contributed by atoms with Gasteiger partial charge in [0.1, 0.15) is 0 Å². The van der Waals surface area contributed by atoms with Crippen molar-refractivity contribution in [2.24, 2.45) is 5.92 Å². The summed E-state index contributed by atoms with van der Waals surface area (Å²) < 4.78 is 5.78. The summed E-state index contributed by atoms with van der Waals surface area (Å²) in [5.74, 6) is 0.898. The minimum absolute atomic E-state index is 0.0502. The summed E-state index contributed by atoms with van der Waals surface area (Å²) in [6, 6.07) is 12.8. The molecule has 0 radical (unpaired) electrons. The third-order valence-electron chi connectivity index (χ3n) is 3.84. The zero-order valence-electron chi connectivity index (χ0n) is 11.2. The van der Waals surface area contributed by atoms with Crippen LogP contribution in [-0.4, -0.2) is 12.2 Å². The first-order valence-electron chi connectivity index (χ1n) is 6.68.